The van der Waals surface area contributed by atoms with Gasteiger partial charge in [0.15, 0.2) is 4.34 Å². The van der Waals surface area contributed by atoms with Crippen molar-refractivity contribution < 1.29 is 9.90 Å². The Labute approximate surface area is 115 Å². The summed E-state index contributed by atoms with van der Waals surface area (Å²) in [4.78, 5) is 18.1. The Morgan fingerprint density at radius 2 is 2.22 bits per heavy atom. The molecule has 0 bridgehead atoms. The average Bonchev–Trinajstić information content (AvgIpc) is 2.94. The third kappa shape index (κ3) is 3.70. The van der Waals surface area contributed by atoms with E-state index >= 15 is 0 Å². The highest BCUT2D eigenvalue weighted by molar-refractivity contribution is 8.01. The van der Waals surface area contributed by atoms with Crippen molar-refractivity contribution in [1.29, 1.82) is 0 Å². The Kier molecular flexibility index (Phi) is 5.03. The number of nitrogens with zero attached hydrogens (tertiary/aromatic N) is 2. The highest BCUT2D eigenvalue weighted by Crippen LogP contribution is 2.27. The van der Waals surface area contributed by atoms with Gasteiger partial charge in [-0.05, 0) is 45.8 Å². The molecule has 1 N–H and O–H groups in total. The van der Waals surface area contributed by atoms with Crippen molar-refractivity contribution in [2.24, 2.45) is 0 Å². The summed E-state index contributed by atoms with van der Waals surface area (Å²) in [6, 6.07) is 0. The third-order valence-electron chi connectivity index (χ3n) is 3.01. The van der Waals surface area contributed by atoms with Gasteiger partial charge in [0.25, 0.3) is 0 Å². The molecule has 6 heteroatoms. The van der Waals surface area contributed by atoms with E-state index in [-0.39, 0.29) is 0 Å². The Bertz CT molecular complexity index is 414. The van der Waals surface area contributed by atoms with Crippen LogP contribution in [0.4, 0.5) is 0 Å². The van der Waals surface area contributed by atoms with E-state index in [2.05, 4.69) is 9.88 Å². The number of aromatic nitrogens is 1. The van der Waals surface area contributed by atoms with Gasteiger partial charge in [0.05, 0.1) is 5.69 Å². The topological polar surface area (TPSA) is 53.4 Å². The fourth-order valence-corrected chi connectivity index (χ4v) is 4.11. The van der Waals surface area contributed by atoms with Crippen LogP contribution in [0.2, 0.25) is 0 Å². The van der Waals surface area contributed by atoms with Crippen molar-refractivity contribution >= 4 is 29.1 Å². The maximum atomic E-state index is 10.9. The van der Waals surface area contributed by atoms with Crippen molar-refractivity contribution in [2.75, 3.05) is 25.4 Å². The lowest BCUT2D eigenvalue weighted by Crippen LogP contribution is -2.20. The van der Waals surface area contributed by atoms with Crippen LogP contribution in [-0.2, 0) is 0 Å². The van der Waals surface area contributed by atoms with Gasteiger partial charge in [0.2, 0.25) is 0 Å². The van der Waals surface area contributed by atoms with Gasteiger partial charge in [-0.25, -0.2) is 9.78 Å². The summed E-state index contributed by atoms with van der Waals surface area (Å²) in [5.41, 5.74) is 0.634. The zero-order chi connectivity index (χ0) is 13.0. The van der Waals surface area contributed by atoms with Gasteiger partial charge in [0, 0.05) is 5.75 Å². The first-order valence-electron chi connectivity index (χ1n) is 6.22. The molecule has 1 fully saturated rings. The number of rotatable bonds is 6. The van der Waals surface area contributed by atoms with Crippen LogP contribution in [0.3, 0.4) is 0 Å². The summed E-state index contributed by atoms with van der Waals surface area (Å²) in [6.45, 7) is 5.39. The molecule has 0 aliphatic carbocycles. The number of aryl methyl sites for hydroxylation is 1. The van der Waals surface area contributed by atoms with Gasteiger partial charge >= 0.3 is 5.97 Å². The summed E-state index contributed by atoms with van der Waals surface area (Å²) in [6.07, 6.45) is 3.81. The molecule has 0 unspecified atom stereocenters. The normalized spacial score (nSPS) is 16.3. The van der Waals surface area contributed by atoms with E-state index in [1.54, 1.807) is 18.7 Å². The molecule has 2 heterocycles. The Hall–Kier alpha value is -0.590. The first-order valence-corrected chi connectivity index (χ1v) is 8.03. The standard InChI is InChI=1S/C12H18N2O2S2/c1-9-10(11(15)16)18-12(13-9)17-8-4-7-14-5-2-3-6-14/h2-8H2,1H3,(H,15,16). The van der Waals surface area contributed by atoms with Crippen LogP contribution in [-0.4, -0.2) is 46.3 Å². The van der Waals surface area contributed by atoms with E-state index < -0.39 is 5.97 Å². The summed E-state index contributed by atoms with van der Waals surface area (Å²) < 4.78 is 0.881. The minimum absolute atomic E-state index is 0.372. The lowest BCUT2D eigenvalue weighted by atomic mass is 10.4. The summed E-state index contributed by atoms with van der Waals surface area (Å²) >= 11 is 2.96. The molecule has 0 radical (unpaired) electrons. The Morgan fingerprint density at radius 1 is 1.50 bits per heavy atom. The van der Waals surface area contributed by atoms with Crippen LogP contribution in [0.1, 0.15) is 34.6 Å². The van der Waals surface area contributed by atoms with Crippen LogP contribution in [0.15, 0.2) is 4.34 Å². The lowest BCUT2D eigenvalue weighted by molar-refractivity contribution is 0.0701. The lowest BCUT2D eigenvalue weighted by Gasteiger charge is -2.13. The Balaban J connectivity index is 1.72. The molecule has 100 valence electrons. The molecule has 0 atom stereocenters. The van der Waals surface area contributed by atoms with Gasteiger partial charge in [-0.3, -0.25) is 0 Å². The summed E-state index contributed by atoms with van der Waals surface area (Å²) in [7, 11) is 0. The molecule has 0 aromatic carbocycles. The molecule has 0 spiro atoms. The first-order chi connectivity index (χ1) is 8.66. The molecule has 1 aromatic rings. The monoisotopic (exact) mass is 286 g/mol. The molecular weight excluding hydrogens is 268 g/mol. The number of carboxylic acid groups (broad SMARTS) is 1. The van der Waals surface area contributed by atoms with Crippen molar-refractivity contribution in [2.45, 2.75) is 30.5 Å². The zero-order valence-electron chi connectivity index (χ0n) is 10.5. The van der Waals surface area contributed by atoms with Crippen molar-refractivity contribution in [3.8, 4) is 0 Å². The first kappa shape index (κ1) is 13.8. The second kappa shape index (κ2) is 6.54. The van der Waals surface area contributed by atoms with Crippen LogP contribution >= 0.6 is 23.1 Å². The van der Waals surface area contributed by atoms with E-state index in [1.807, 2.05) is 0 Å². The van der Waals surface area contributed by atoms with Gasteiger partial charge in [0.1, 0.15) is 4.88 Å². The average molecular weight is 286 g/mol. The highest BCUT2D eigenvalue weighted by atomic mass is 32.2. The molecule has 0 saturated carbocycles. The SMILES string of the molecule is Cc1nc(SCCCN2CCCC2)sc1C(=O)O. The van der Waals surface area contributed by atoms with E-state index in [9.17, 15) is 4.79 Å². The van der Waals surface area contributed by atoms with Gasteiger partial charge < -0.3 is 10.0 Å². The molecule has 2 rings (SSSR count). The van der Waals surface area contributed by atoms with Gasteiger partial charge in [-0.2, -0.15) is 0 Å². The number of hydrogen-bond donors (Lipinski definition) is 1. The number of hydrogen-bond acceptors (Lipinski definition) is 5. The molecule has 0 amide bonds. The number of thioether (sulfide) groups is 1. The fraction of sp³-hybridized carbons (Fsp3) is 0.667. The van der Waals surface area contributed by atoms with Gasteiger partial charge in [-0.1, -0.05) is 11.8 Å². The predicted molar refractivity (Wildman–Crippen MR) is 74.8 cm³/mol. The van der Waals surface area contributed by atoms with E-state index in [0.717, 1.165) is 23.1 Å². The second-order valence-corrected chi connectivity index (χ2v) is 6.79. The minimum Gasteiger partial charge on any atom is -0.477 e. The Morgan fingerprint density at radius 3 is 2.83 bits per heavy atom. The predicted octanol–water partition coefficient (Wildman–Crippen LogP) is 2.73. The maximum Gasteiger partial charge on any atom is 0.347 e. The van der Waals surface area contributed by atoms with Crippen LogP contribution in [0.5, 0.6) is 0 Å². The molecule has 1 saturated heterocycles. The number of carbonyl (C=O) groups is 1. The van der Waals surface area contributed by atoms with Crippen LogP contribution in [0.25, 0.3) is 0 Å². The quantitative estimate of drug-likeness (QED) is 0.643. The molecule has 1 aromatic heterocycles. The third-order valence-corrected chi connectivity index (χ3v) is 5.39. The summed E-state index contributed by atoms with van der Waals surface area (Å²) in [5.74, 6) is 0.150. The smallest absolute Gasteiger partial charge is 0.347 e. The van der Waals surface area contributed by atoms with Crippen LogP contribution < -0.4 is 0 Å². The zero-order valence-corrected chi connectivity index (χ0v) is 12.1. The van der Waals surface area contributed by atoms with E-state index in [0.29, 0.717) is 10.6 Å². The van der Waals surface area contributed by atoms with E-state index in [4.69, 9.17) is 5.11 Å². The molecule has 18 heavy (non-hydrogen) atoms. The van der Waals surface area contributed by atoms with Gasteiger partial charge in [-0.15, -0.1) is 11.3 Å². The number of carboxylic acids is 1. The molecule has 4 nitrogen and oxygen atoms in total. The van der Waals surface area contributed by atoms with Crippen LogP contribution in [0, 0.1) is 6.92 Å². The second-order valence-electron chi connectivity index (χ2n) is 4.45. The van der Waals surface area contributed by atoms with E-state index in [1.165, 1.54) is 37.3 Å². The number of likely N-dealkylation sites (tertiary alicyclic amines) is 1. The van der Waals surface area contributed by atoms with Crippen molar-refractivity contribution in [3.63, 3.8) is 0 Å². The molecule has 1 aliphatic rings. The fourth-order valence-electron chi connectivity index (χ4n) is 2.09. The molecule has 1 aliphatic heterocycles. The number of aromatic carboxylic acids is 1. The molecular formula is C12H18N2O2S2. The van der Waals surface area contributed by atoms with Crippen molar-refractivity contribution in [3.05, 3.63) is 10.6 Å². The maximum absolute atomic E-state index is 10.9. The highest BCUT2D eigenvalue weighted by Gasteiger charge is 2.14. The summed E-state index contributed by atoms with van der Waals surface area (Å²) in [5, 5.41) is 8.95. The number of thiazole rings is 1. The van der Waals surface area contributed by atoms with Crippen molar-refractivity contribution in [1.82, 2.24) is 9.88 Å². The minimum atomic E-state index is -0.867. The largest absolute Gasteiger partial charge is 0.477 e.